The number of nitrogens with zero attached hydrogens (tertiary/aromatic N) is 3. The van der Waals surface area contributed by atoms with Crippen molar-refractivity contribution >= 4 is 63.2 Å². The lowest BCUT2D eigenvalue weighted by Crippen LogP contribution is -2.17. The zero-order valence-corrected chi connectivity index (χ0v) is 24.8. The van der Waals surface area contributed by atoms with Crippen molar-refractivity contribution in [3.8, 4) is 5.75 Å². The second-order valence-corrected chi connectivity index (χ2v) is 11.7. The number of hydrogen-bond acceptors (Lipinski definition) is 8. The van der Waals surface area contributed by atoms with Crippen molar-refractivity contribution in [2.45, 2.75) is 57.1 Å². The molecule has 0 aliphatic heterocycles. The van der Waals surface area contributed by atoms with E-state index in [1.165, 1.54) is 23.1 Å². The van der Waals surface area contributed by atoms with Crippen LogP contribution in [0.15, 0.2) is 36.0 Å². The minimum Gasteiger partial charge on any atom is -0.492 e. The molecule has 1 amide bonds. The molecule has 0 fully saturated rings. The fourth-order valence-corrected chi connectivity index (χ4v) is 6.82. The number of benzene rings is 1. The molecule has 208 valence electrons. The third kappa shape index (κ3) is 7.57. The highest BCUT2D eigenvalue weighted by atomic mass is 35.5. The van der Waals surface area contributed by atoms with Gasteiger partial charge in [0.1, 0.15) is 16.6 Å². The van der Waals surface area contributed by atoms with Crippen LogP contribution >= 0.6 is 46.3 Å². The van der Waals surface area contributed by atoms with E-state index in [4.69, 9.17) is 32.7 Å². The Morgan fingerprint density at radius 2 is 2.08 bits per heavy atom. The quantitative estimate of drug-likeness (QED) is 0.101. The molecule has 8 nitrogen and oxygen atoms in total. The number of amides is 1. The average molecular weight is 610 g/mol. The van der Waals surface area contributed by atoms with Gasteiger partial charge in [0, 0.05) is 22.9 Å². The molecule has 39 heavy (non-hydrogen) atoms. The third-order valence-corrected chi connectivity index (χ3v) is 8.74. The molecule has 2 aromatic heterocycles. The predicted molar refractivity (Wildman–Crippen MR) is 157 cm³/mol. The molecule has 1 aromatic carbocycles. The SMILES string of the molecule is C=CCn1c(CCCOc2ccc(Cl)cc2Cl)nnc1SCC(=O)Nc1sc2c(c1C(=O)OCC)CCCC2. The minimum absolute atomic E-state index is 0.123. The van der Waals surface area contributed by atoms with Crippen molar-refractivity contribution < 1.29 is 19.1 Å². The number of rotatable bonds is 13. The number of halogens is 2. The van der Waals surface area contributed by atoms with Crippen LogP contribution in [-0.2, 0) is 35.3 Å². The molecule has 0 radical (unpaired) electrons. The summed E-state index contributed by atoms with van der Waals surface area (Å²) in [5.41, 5.74) is 1.53. The standard InChI is InChI=1S/C27H30Cl2N4O4S2/c1-3-13-33-22(10-7-14-37-20-12-11-17(28)15-19(20)29)31-32-27(33)38-16-23(34)30-25-24(26(35)36-4-2)18-8-5-6-9-21(18)39-25/h3,11-12,15H,1,4-10,13-14,16H2,2H3,(H,30,34). The van der Waals surface area contributed by atoms with E-state index in [1.54, 1.807) is 31.2 Å². The first-order valence-corrected chi connectivity index (χ1v) is 15.3. The molecule has 3 aromatic rings. The van der Waals surface area contributed by atoms with Crippen LogP contribution in [0, 0.1) is 0 Å². The summed E-state index contributed by atoms with van der Waals surface area (Å²) in [6.45, 7) is 6.86. The predicted octanol–water partition coefficient (Wildman–Crippen LogP) is 6.63. The van der Waals surface area contributed by atoms with E-state index in [0.717, 1.165) is 41.9 Å². The number of anilines is 1. The Morgan fingerprint density at radius 1 is 1.26 bits per heavy atom. The van der Waals surface area contributed by atoms with Crippen molar-refractivity contribution in [3.63, 3.8) is 0 Å². The molecule has 1 aliphatic carbocycles. The van der Waals surface area contributed by atoms with Gasteiger partial charge in [0.15, 0.2) is 5.16 Å². The maximum atomic E-state index is 12.9. The summed E-state index contributed by atoms with van der Waals surface area (Å²) in [5.74, 6) is 0.885. The van der Waals surface area contributed by atoms with Gasteiger partial charge in [-0.1, -0.05) is 41.0 Å². The summed E-state index contributed by atoms with van der Waals surface area (Å²) in [5, 5.41) is 13.8. The van der Waals surface area contributed by atoms with Crippen molar-refractivity contribution in [3.05, 3.63) is 62.7 Å². The number of carbonyl (C=O) groups excluding carboxylic acids is 2. The van der Waals surface area contributed by atoms with E-state index in [-0.39, 0.29) is 24.2 Å². The van der Waals surface area contributed by atoms with E-state index in [9.17, 15) is 9.59 Å². The number of esters is 1. The smallest absolute Gasteiger partial charge is 0.341 e. The molecule has 0 saturated carbocycles. The molecule has 0 spiro atoms. The van der Waals surface area contributed by atoms with E-state index >= 15 is 0 Å². The monoisotopic (exact) mass is 608 g/mol. The number of hydrogen-bond donors (Lipinski definition) is 1. The van der Waals surface area contributed by atoms with Crippen LogP contribution in [0.3, 0.4) is 0 Å². The number of thiophene rings is 1. The number of aromatic nitrogens is 3. The van der Waals surface area contributed by atoms with Gasteiger partial charge in [-0.05, 0) is 62.8 Å². The Balaban J connectivity index is 1.35. The Kier molecular flexibility index (Phi) is 10.7. The van der Waals surface area contributed by atoms with Gasteiger partial charge in [-0.2, -0.15) is 0 Å². The Bertz CT molecular complexity index is 1340. The molecular formula is C27H30Cl2N4O4S2. The first-order valence-electron chi connectivity index (χ1n) is 12.8. The lowest BCUT2D eigenvalue weighted by molar-refractivity contribution is -0.113. The first kappa shape index (κ1) is 29.5. The van der Waals surface area contributed by atoms with E-state index < -0.39 is 0 Å². The lowest BCUT2D eigenvalue weighted by atomic mass is 9.95. The first-order chi connectivity index (χ1) is 18.9. The van der Waals surface area contributed by atoms with Crippen LogP contribution in [-0.4, -0.2) is 45.6 Å². The van der Waals surface area contributed by atoms with E-state index in [0.29, 0.717) is 57.5 Å². The van der Waals surface area contributed by atoms with E-state index in [2.05, 4.69) is 22.1 Å². The number of ether oxygens (including phenoxy) is 2. The van der Waals surface area contributed by atoms with Crippen LogP contribution in [0.2, 0.25) is 10.0 Å². The van der Waals surface area contributed by atoms with Crippen LogP contribution < -0.4 is 10.1 Å². The largest absolute Gasteiger partial charge is 0.492 e. The maximum Gasteiger partial charge on any atom is 0.341 e. The van der Waals surface area contributed by atoms with Gasteiger partial charge in [0.2, 0.25) is 5.91 Å². The molecule has 0 saturated heterocycles. The highest BCUT2D eigenvalue weighted by Crippen LogP contribution is 2.38. The summed E-state index contributed by atoms with van der Waals surface area (Å²) in [6.07, 6.45) is 6.95. The number of thioether (sulfide) groups is 1. The fourth-order valence-electron chi connectivity index (χ4n) is 4.29. The van der Waals surface area contributed by atoms with Gasteiger partial charge in [-0.15, -0.1) is 28.1 Å². The molecule has 12 heteroatoms. The average Bonchev–Trinajstić information content (AvgIpc) is 3.47. The van der Waals surface area contributed by atoms with Crippen molar-refractivity contribution in [2.24, 2.45) is 0 Å². The number of allylic oxidation sites excluding steroid dienone is 1. The number of fused-ring (bicyclic) bond motifs is 1. The maximum absolute atomic E-state index is 12.9. The zero-order chi connectivity index (χ0) is 27.8. The molecule has 1 aliphatic rings. The number of aryl methyl sites for hydroxylation is 2. The minimum atomic E-state index is -0.377. The summed E-state index contributed by atoms with van der Waals surface area (Å²) < 4.78 is 13.0. The van der Waals surface area contributed by atoms with Crippen molar-refractivity contribution in [2.75, 3.05) is 24.3 Å². The molecular weight excluding hydrogens is 579 g/mol. The topological polar surface area (TPSA) is 95.3 Å². The van der Waals surface area contributed by atoms with E-state index in [1.807, 2.05) is 4.57 Å². The lowest BCUT2D eigenvalue weighted by Gasteiger charge is -2.12. The molecule has 0 unspecified atom stereocenters. The highest BCUT2D eigenvalue weighted by molar-refractivity contribution is 7.99. The molecule has 1 N–H and O–H groups in total. The Labute approximate surface area is 246 Å². The summed E-state index contributed by atoms with van der Waals surface area (Å²) in [7, 11) is 0. The van der Waals surface area contributed by atoms with Crippen LogP contribution in [0.4, 0.5) is 5.00 Å². The second kappa shape index (κ2) is 14.2. The normalized spacial score (nSPS) is 12.6. The molecule has 4 rings (SSSR count). The highest BCUT2D eigenvalue weighted by Gasteiger charge is 2.27. The number of nitrogens with one attached hydrogen (secondary N) is 1. The van der Waals surface area contributed by atoms with Gasteiger partial charge < -0.3 is 19.4 Å². The van der Waals surface area contributed by atoms with Crippen molar-refractivity contribution in [1.29, 1.82) is 0 Å². The van der Waals surface area contributed by atoms with Crippen LogP contribution in [0.5, 0.6) is 5.75 Å². The summed E-state index contributed by atoms with van der Waals surface area (Å²) in [4.78, 5) is 26.7. The second-order valence-electron chi connectivity index (χ2n) is 8.80. The number of carbonyl (C=O) groups is 2. The summed E-state index contributed by atoms with van der Waals surface area (Å²) >= 11 is 14.9. The van der Waals surface area contributed by atoms with Crippen LogP contribution in [0.1, 0.15) is 52.8 Å². The molecule has 2 heterocycles. The Hall–Kier alpha value is -2.53. The van der Waals surface area contributed by atoms with Gasteiger partial charge in [-0.3, -0.25) is 4.79 Å². The van der Waals surface area contributed by atoms with Gasteiger partial charge >= 0.3 is 5.97 Å². The zero-order valence-electron chi connectivity index (χ0n) is 21.6. The third-order valence-electron chi connectivity index (χ3n) is 6.04. The molecule has 0 bridgehead atoms. The molecule has 0 atom stereocenters. The Morgan fingerprint density at radius 3 is 2.85 bits per heavy atom. The summed E-state index contributed by atoms with van der Waals surface area (Å²) in [6, 6.07) is 5.11. The van der Waals surface area contributed by atoms with Crippen LogP contribution in [0.25, 0.3) is 0 Å². The van der Waals surface area contributed by atoms with Gasteiger partial charge in [0.25, 0.3) is 0 Å². The van der Waals surface area contributed by atoms with Gasteiger partial charge in [0.05, 0.1) is 29.6 Å². The fraction of sp³-hybridized carbons (Fsp3) is 0.407. The van der Waals surface area contributed by atoms with Crippen molar-refractivity contribution in [1.82, 2.24) is 14.8 Å². The van der Waals surface area contributed by atoms with Gasteiger partial charge in [-0.25, -0.2) is 4.79 Å².